The molecule has 0 aliphatic rings. The maximum Gasteiger partial charge on any atom is 0.312 e. The number of amides is 2. The van der Waals surface area contributed by atoms with Gasteiger partial charge in [-0.2, -0.15) is 0 Å². The maximum atomic E-state index is 10.2. The second kappa shape index (κ2) is 3.87. The molecule has 58 valence electrons. The first-order valence-corrected chi connectivity index (χ1v) is 3.09. The van der Waals surface area contributed by atoms with E-state index in [-0.39, 0.29) is 5.92 Å². The summed E-state index contributed by atoms with van der Waals surface area (Å²) in [5.74, 6) is 0.0880. The van der Waals surface area contributed by atoms with E-state index >= 15 is 0 Å². The lowest BCUT2D eigenvalue weighted by Gasteiger charge is -2.13. The second-order valence-corrected chi connectivity index (χ2v) is 2.41. The number of aldehydes is 1. The third-order valence-electron chi connectivity index (χ3n) is 1.17. The fourth-order valence-corrected chi connectivity index (χ4v) is 0.522. The van der Waals surface area contributed by atoms with E-state index in [1.54, 1.807) is 0 Å². The highest BCUT2D eigenvalue weighted by Crippen LogP contribution is 1.96. The minimum atomic E-state index is -0.661. The van der Waals surface area contributed by atoms with Crippen LogP contribution in [0.1, 0.15) is 13.8 Å². The molecule has 0 aliphatic heterocycles. The summed E-state index contributed by atoms with van der Waals surface area (Å²) >= 11 is 0. The Morgan fingerprint density at radius 3 is 2.20 bits per heavy atom. The molecule has 0 spiro atoms. The SMILES string of the molecule is CC(C)C(C=O)NC(N)=O. The van der Waals surface area contributed by atoms with E-state index in [9.17, 15) is 9.59 Å². The van der Waals surface area contributed by atoms with Crippen molar-refractivity contribution in [1.29, 1.82) is 0 Å². The average Bonchev–Trinajstić information content (AvgIpc) is 1.81. The Morgan fingerprint density at radius 2 is 2.10 bits per heavy atom. The Labute approximate surface area is 59.8 Å². The van der Waals surface area contributed by atoms with Crippen LogP contribution >= 0.6 is 0 Å². The standard InChI is InChI=1S/C6H12N2O2/c1-4(2)5(3-9)8-6(7)10/h3-5H,1-2H3,(H3,7,8,10). The molecular formula is C6H12N2O2. The highest BCUT2D eigenvalue weighted by atomic mass is 16.2. The van der Waals surface area contributed by atoms with Gasteiger partial charge in [0.05, 0.1) is 6.04 Å². The van der Waals surface area contributed by atoms with Crippen LogP contribution in [0.4, 0.5) is 4.79 Å². The van der Waals surface area contributed by atoms with E-state index in [4.69, 9.17) is 5.73 Å². The highest BCUT2D eigenvalue weighted by molar-refractivity contribution is 5.76. The minimum absolute atomic E-state index is 0.0880. The largest absolute Gasteiger partial charge is 0.352 e. The summed E-state index contributed by atoms with van der Waals surface area (Å²) in [5, 5.41) is 2.30. The molecule has 0 radical (unpaired) electrons. The smallest absolute Gasteiger partial charge is 0.312 e. The fraction of sp³-hybridized carbons (Fsp3) is 0.667. The van der Waals surface area contributed by atoms with E-state index in [2.05, 4.69) is 5.32 Å². The van der Waals surface area contributed by atoms with Crippen molar-refractivity contribution in [3.63, 3.8) is 0 Å². The first-order valence-electron chi connectivity index (χ1n) is 3.09. The number of carbonyl (C=O) groups is 2. The second-order valence-electron chi connectivity index (χ2n) is 2.41. The lowest BCUT2D eigenvalue weighted by Crippen LogP contribution is -2.42. The van der Waals surface area contributed by atoms with Gasteiger partial charge in [-0.05, 0) is 5.92 Å². The van der Waals surface area contributed by atoms with Crippen LogP contribution in [0.5, 0.6) is 0 Å². The number of carbonyl (C=O) groups excluding carboxylic acids is 2. The van der Waals surface area contributed by atoms with E-state index in [0.29, 0.717) is 6.29 Å². The first kappa shape index (κ1) is 8.94. The van der Waals surface area contributed by atoms with Crippen molar-refractivity contribution in [3.8, 4) is 0 Å². The van der Waals surface area contributed by atoms with Crippen molar-refractivity contribution in [2.24, 2.45) is 11.7 Å². The van der Waals surface area contributed by atoms with Crippen molar-refractivity contribution >= 4 is 12.3 Å². The molecule has 0 rings (SSSR count). The molecule has 0 aromatic carbocycles. The molecule has 0 fully saturated rings. The van der Waals surface area contributed by atoms with Gasteiger partial charge in [0.1, 0.15) is 6.29 Å². The molecule has 0 saturated heterocycles. The molecule has 10 heavy (non-hydrogen) atoms. The fourth-order valence-electron chi connectivity index (χ4n) is 0.522. The molecule has 0 aliphatic carbocycles. The topological polar surface area (TPSA) is 72.2 Å². The number of rotatable bonds is 3. The van der Waals surface area contributed by atoms with Crippen molar-refractivity contribution in [3.05, 3.63) is 0 Å². The number of hydrogen-bond donors (Lipinski definition) is 2. The average molecular weight is 144 g/mol. The molecule has 0 heterocycles. The Hall–Kier alpha value is -1.06. The number of hydrogen-bond acceptors (Lipinski definition) is 2. The van der Waals surface area contributed by atoms with Crippen LogP contribution in [-0.2, 0) is 4.79 Å². The molecule has 1 unspecified atom stereocenters. The summed E-state index contributed by atoms with van der Waals surface area (Å²) in [6, 6.07) is -1.12. The molecule has 0 saturated carbocycles. The van der Waals surface area contributed by atoms with Gasteiger partial charge in [0.25, 0.3) is 0 Å². The Balaban J connectivity index is 3.83. The molecule has 4 heteroatoms. The molecule has 3 N–H and O–H groups in total. The number of nitrogens with two attached hydrogens (primary N) is 1. The Bertz CT molecular complexity index is 134. The van der Waals surface area contributed by atoms with Crippen LogP contribution in [0.2, 0.25) is 0 Å². The van der Waals surface area contributed by atoms with Gasteiger partial charge < -0.3 is 15.8 Å². The van der Waals surface area contributed by atoms with Crippen molar-refractivity contribution in [2.75, 3.05) is 0 Å². The summed E-state index contributed by atoms with van der Waals surface area (Å²) in [5.41, 5.74) is 4.80. The summed E-state index contributed by atoms with van der Waals surface area (Å²) < 4.78 is 0. The Kier molecular flexibility index (Phi) is 3.46. The summed E-state index contributed by atoms with van der Waals surface area (Å²) in [4.78, 5) is 20.4. The zero-order chi connectivity index (χ0) is 8.15. The molecule has 0 bridgehead atoms. The van der Waals surface area contributed by atoms with Crippen molar-refractivity contribution in [1.82, 2.24) is 5.32 Å². The first-order chi connectivity index (χ1) is 4.57. The predicted octanol–water partition coefficient (Wildman–Crippen LogP) is -0.122. The van der Waals surface area contributed by atoms with Crippen LogP contribution in [0.3, 0.4) is 0 Å². The van der Waals surface area contributed by atoms with Crippen molar-refractivity contribution < 1.29 is 9.59 Å². The quantitative estimate of drug-likeness (QED) is 0.542. The van der Waals surface area contributed by atoms with Gasteiger partial charge in [0.2, 0.25) is 0 Å². The summed E-state index contributed by atoms with van der Waals surface area (Å²) in [7, 11) is 0. The lowest BCUT2D eigenvalue weighted by atomic mass is 10.1. The zero-order valence-corrected chi connectivity index (χ0v) is 6.13. The van der Waals surface area contributed by atoms with Gasteiger partial charge >= 0.3 is 6.03 Å². The van der Waals surface area contributed by atoms with Gasteiger partial charge in [0, 0.05) is 0 Å². The molecule has 4 nitrogen and oxygen atoms in total. The van der Waals surface area contributed by atoms with Gasteiger partial charge in [-0.1, -0.05) is 13.8 Å². The number of primary amides is 1. The van der Waals surface area contributed by atoms with E-state index in [1.807, 2.05) is 13.8 Å². The monoisotopic (exact) mass is 144 g/mol. The summed E-state index contributed by atoms with van der Waals surface area (Å²) in [6.07, 6.45) is 0.676. The zero-order valence-electron chi connectivity index (χ0n) is 6.13. The van der Waals surface area contributed by atoms with Crippen LogP contribution in [-0.4, -0.2) is 18.4 Å². The predicted molar refractivity (Wildman–Crippen MR) is 37.4 cm³/mol. The number of urea groups is 1. The maximum absolute atomic E-state index is 10.2. The third-order valence-corrected chi connectivity index (χ3v) is 1.17. The van der Waals surface area contributed by atoms with Crippen LogP contribution in [0.15, 0.2) is 0 Å². The minimum Gasteiger partial charge on any atom is -0.352 e. The van der Waals surface area contributed by atoms with Crippen LogP contribution < -0.4 is 11.1 Å². The van der Waals surface area contributed by atoms with Gasteiger partial charge in [-0.15, -0.1) is 0 Å². The highest BCUT2D eigenvalue weighted by Gasteiger charge is 2.12. The molecule has 0 aromatic rings. The molecule has 1 atom stereocenters. The van der Waals surface area contributed by atoms with Gasteiger partial charge in [0.15, 0.2) is 0 Å². The summed E-state index contributed by atoms with van der Waals surface area (Å²) in [6.45, 7) is 3.66. The van der Waals surface area contributed by atoms with E-state index in [1.165, 1.54) is 0 Å². The van der Waals surface area contributed by atoms with Crippen molar-refractivity contribution in [2.45, 2.75) is 19.9 Å². The van der Waals surface area contributed by atoms with Gasteiger partial charge in [-0.25, -0.2) is 4.79 Å². The third kappa shape index (κ3) is 3.06. The van der Waals surface area contributed by atoms with E-state index < -0.39 is 12.1 Å². The van der Waals surface area contributed by atoms with Crippen LogP contribution in [0.25, 0.3) is 0 Å². The lowest BCUT2D eigenvalue weighted by molar-refractivity contribution is -0.110. The van der Waals surface area contributed by atoms with E-state index in [0.717, 1.165) is 0 Å². The molecule has 2 amide bonds. The van der Waals surface area contributed by atoms with Gasteiger partial charge in [-0.3, -0.25) is 0 Å². The Morgan fingerprint density at radius 1 is 1.60 bits per heavy atom. The number of nitrogens with one attached hydrogen (secondary N) is 1. The molecule has 0 aromatic heterocycles. The molecular weight excluding hydrogens is 132 g/mol. The normalized spacial score (nSPS) is 12.7. The van der Waals surface area contributed by atoms with Crippen LogP contribution in [0, 0.1) is 5.92 Å².